The van der Waals surface area contributed by atoms with Gasteiger partial charge in [0.05, 0.1) is 0 Å². The third-order valence-electron chi connectivity index (χ3n) is 3.23. The minimum Gasteiger partial charge on any atom is -0.365 e. The van der Waals surface area contributed by atoms with Gasteiger partial charge in [0.15, 0.2) is 0 Å². The normalized spacial score (nSPS) is 10.4. The average molecular weight is 326 g/mol. The quantitative estimate of drug-likeness (QED) is 0.763. The van der Waals surface area contributed by atoms with Crippen LogP contribution in [0.2, 0.25) is 0 Å². The summed E-state index contributed by atoms with van der Waals surface area (Å²) in [4.78, 5) is 27.8. The fourth-order valence-corrected chi connectivity index (χ4v) is 2.09. The van der Waals surface area contributed by atoms with Crippen LogP contribution in [0, 0.1) is 5.82 Å². The van der Waals surface area contributed by atoms with E-state index in [9.17, 15) is 14.0 Å². The van der Waals surface area contributed by atoms with Crippen LogP contribution >= 0.6 is 0 Å². The molecule has 0 spiro atoms. The van der Waals surface area contributed by atoms with Crippen LogP contribution in [-0.4, -0.2) is 22.0 Å². The smallest absolute Gasteiger partial charge is 0.258 e. The lowest BCUT2D eigenvalue weighted by Crippen LogP contribution is -2.17. The Morgan fingerprint density at radius 3 is 2.38 bits per heavy atom. The zero-order chi connectivity index (χ0) is 17.1. The van der Waals surface area contributed by atoms with Gasteiger partial charge < -0.3 is 10.3 Å². The maximum absolute atomic E-state index is 12.9. The number of aromatic nitrogens is 2. The molecule has 2 heterocycles. The van der Waals surface area contributed by atoms with Crippen LogP contribution in [0.3, 0.4) is 0 Å². The zero-order valence-corrected chi connectivity index (χ0v) is 12.2. The first-order chi connectivity index (χ1) is 11.6. The van der Waals surface area contributed by atoms with Crippen molar-refractivity contribution in [1.29, 1.82) is 0 Å². The van der Waals surface area contributed by atoms with E-state index in [1.807, 2.05) is 0 Å². The van der Waals surface area contributed by atoms with Crippen LogP contribution in [-0.2, 0) is 0 Å². The lowest BCUT2D eigenvalue weighted by molar-refractivity contribution is 0.100. The molecule has 120 valence electrons. The number of nitrogens with one attached hydrogen (secondary N) is 1. The Hall–Kier alpha value is -3.55. The van der Waals surface area contributed by atoms with E-state index in [0.717, 1.165) is 12.1 Å². The number of pyridine rings is 1. The number of hydrogen-bond acceptors (Lipinski definition) is 5. The third kappa shape index (κ3) is 2.98. The Morgan fingerprint density at radius 1 is 1.08 bits per heavy atom. The summed E-state index contributed by atoms with van der Waals surface area (Å²) in [5, 5.41) is 6.20. The number of rotatable bonds is 4. The first-order valence-electron chi connectivity index (χ1n) is 6.83. The van der Waals surface area contributed by atoms with Crippen molar-refractivity contribution >= 4 is 17.7 Å². The van der Waals surface area contributed by atoms with Gasteiger partial charge in [-0.05, 0) is 36.4 Å². The molecule has 0 fully saturated rings. The first-order valence-corrected chi connectivity index (χ1v) is 6.83. The van der Waals surface area contributed by atoms with Gasteiger partial charge in [-0.25, -0.2) is 4.39 Å². The predicted molar refractivity (Wildman–Crippen MR) is 82.6 cm³/mol. The van der Waals surface area contributed by atoms with E-state index in [4.69, 9.17) is 10.3 Å². The second kappa shape index (κ2) is 6.29. The molecule has 3 aromatic rings. The van der Waals surface area contributed by atoms with E-state index in [2.05, 4.69) is 15.5 Å². The number of carbonyl (C=O) groups is 2. The number of nitrogens with two attached hydrogens (primary N) is 1. The van der Waals surface area contributed by atoms with E-state index < -0.39 is 17.6 Å². The van der Waals surface area contributed by atoms with Crippen molar-refractivity contribution in [2.75, 3.05) is 5.32 Å². The second-order valence-corrected chi connectivity index (χ2v) is 4.80. The molecule has 0 bridgehead atoms. The van der Waals surface area contributed by atoms with Crippen molar-refractivity contribution in [3.05, 3.63) is 65.7 Å². The molecule has 0 atom stereocenters. The summed E-state index contributed by atoms with van der Waals surface area (Å²) >= 11 is 0. The molecule has 2 aromatic heterocycles. The highest BCUT2D eigenvalue weighted by molar-refractivity contribution is 6.09. The number of anilines is 1. The summed E-state index contributed by atoms with van der Waals surface area (Å²) < 4.78 is 18.0. The second-order valence-electron chi connectivity index (χ2n) is 4.80. The van der Waals surface area contributed by atoms with E-state index in [1.54, 1.807) is 12.1 Å². The summed E-state index contributed by atoms with van der Waals surface area (Å²) in [5.74, 6) is -2.04. The fraction of sp³-hybridized carbons (Fsp3) is 0. The van der Waals surface area contributed by atoms with E-state index in [-0.39, 0.29) is 22.7 Å². The van der Waals surface area contributed by atoms with Crippen LogP contribution in [0.1, 0.15) is 20.7 Å². The highest BCUT2D eigenvalue weighted by Crippen LogP contribution is 2.28. The van der Waals surface area contributed by atoms with Gasteiger partial charge in [-0.15, -0.1) is 0 Å². The zero-order valence-electron chi connectivity index (χ0n) is 12.2. The molecule has 1 aromatic carbocycles. The summed E-state index contributed by atoms with van der Waals surface area (Å²) in [7, 11) is 0. The minimum atomic E-state index is -0.808. The van der Waals surface area contributed by atoms with E-state index in [1.165, 1.54) is 24.5 Å². The lowest BCUT2D eigenvalue weighted by atomic mass is 10.1. The van der Waals surface area contributed by atoms with Crippen LogP contribution in [0.15, 0.2) is 53.3 Å². The molecule has 3 rings (SSSR count). The molecule has 0 saturated heterocycles. The van der Waals surface area contributed by atoms with Crippen molar-refractivity contribution < 1.29 is 18.5 Å². The number of halogens is 1. The molecule has 0 radical (unpaired) electrons. The predicted octanol–water partition coefficient (Wildman–Crippen LogP) is 2.23. The molecule has 7 nitrogen and oxygen atoms in total. The van der Waals surface area contributed by atoms with Crippen molar-refractivity contribution in [3.63, 3.8) is 0 Å². The number of benzene rings is 1. The molecule has 0 aliphatic rings. The number of hydrogen-bond donors (Lipinski definition) is 2. The Labute approximate surface area is 135 Å². The van der Waals surface area contributed by atoms with Crippen LogP contribution in [0.5, 0.6) is 0 Å². The fourth-order valence-electron chi connectivity index (χ4n) is 2.09. The van der Waals surface area contributed by atoms with Crippen LogP contribution in [0.25, 0.3) is 11.3 Å². The van der Waals surface area contributed by atoms with Crippen LogP contribution < -0.4 is 11.1 Å². The summed E-state index contributed by atoms with van der Waals surface area (Å²) in [6, 6.07) is 8.13. The number of carbonyl (C=O) groups excluding carboxylic acids is 2. The van der Waals surface area contributed by atoms with Gasteiger partial charge in [0.1, 0.15) is 17.1 Å². The standard InChI is InChI=1S/C16H11FN4O3/c17-11-3-1-10(2-4-11)15(23)20-16-12(14(18)22)13(21-24-16)9-5-7-19-8-6-9/h1-8H,(H2,18,22)(H,20,23). The van der Waals surface area contributed by atoms with Gasteiger partial charge in [0, 0.05) is 23.5 Å². The van der Waals surface area contributed by atoms with Crippen LogP contribution in [0.4, 0.5) is 10.3 Å². The summed E-state index contributed by atoms with van der Waals surface area (Å²) in [6.45, 7) is 0. The van der Waals surface area contributed by atoms with Gasteiger partial charge in [-0.3, -0.25) is 19.9 Å². The summed E-state index contributed by atoms with van der Waals surface area (Å²) in [5.41, 5.74) is 6.26. The minimum absolute atomic E-state index is 0.0586. The third-order valence-corrected chi connectivity index (χ3v) is 3.23. The van der Waals surface area contributed by atoms with E-state index in [0.29, 0.717) is 5.56 Å². The maximum Gasteiger partial charge on any atom is 0.258 e. The lowest BCUT2D eigenvalue weighted by Gasteiger charge is -2.03. The highest BCUT2D eigenvalue weighted by atomic mass is 19.1. The Kier molecular flexibility index (Phi) is 4.02. The Bertz CT molecular complexity index is 891. The number of nitrogens with zero attached hydrogens (tertiary/aromatic N) is 2. The monoisotopic (exact) mass is 326 g/mol. The average Bonchev–Trinajstić information content (AvgIpc) is 3.00. The number of primary amides is 1. The Morgan fingerprint density at radius 2 is 1.75 bits per heavy atom. The first kappa shape index (κ1) is 15.3. The van der Waals surface area contributed by atoms with Gasteiger partial charge in [0.25, 0.3) is 11.8 Å². The molecular formula is C16H11FN4O3. The number of amides is 2. The van der Waals surface area contributed by atoms with Crippen molar-refractivity contribution in [2.45, 2.75) is 0 Å². The topological polar surface area (TPSA) is 111 Å². The van der Waals surface area contributed by atoms with Crippen molar-refractivity contribution in [3.8, 4) is 11.3 Å². The summed E-state index contributed by atoms with van der Waals surface area (Å²) in [6.07, 6.45) is 3.04. The molecule has 3 N–H and O–H groups in total. The molecule has 2 amide bonds. The molecule has 24 heavy (non-hydrogen) atoms. The molecule has 0 unspecified atom stereocenters. The van der Waals surface area contributed by atoms with Gasteiger partial charge in [-0.1, -0.05) is 5.16 Å². The van der Waals surface area contributed by atoms with Gasteiger partial charge >= 0.3 is 0 Å². The largest absolute Gasteiger partial charge is 0.365 e. The molecule has 0 aliphatic carbocycles. The van der Waals surface area contributed by atoms with Crippen molar-refractivity contribution in [2.24, 2.45) is 5.73 Å². The van der Waals surface area contributed by atoms with E-state index >= 15 is 0 Å². The molecule has 0 saturated carbocycles. The highest BCUT2D eigenvalue weighted by Gasteiger charge is 2.24. The SMILES string of the molecule is NC(=O)c1c(-c2ccncc2)noc1NC(=O)c1ccc(F)cc1. The molecule has 0 aliphatic heterocycles. The van der Waals surface area contributed by atoms with Gasteiger partial charge in [0.2, 0.25) is 5.88 Å². The van der Waals surface area contributed by atoms with Gasteiger partial charge in [-0.2, -0.15) is 0 Å². The molecule has 8 heteroatoms. The molecular weight excluding hydrogens is 315 g/mol. The maximum atomic E-state index is 12.9. The van der Waals surface area contributed by atoms with Crippen molar-refractivity contribution in [1.82, 2.24) is 10.1 Å². The Balaban J connectivity index is 1.94.